The van der Waals surface area contributed by atoms with Gasteiger partial charge in [0.1, 0.15) is 11.6 Å². The van der Waals surface area contributed by atoms with Gasteiger partial charge in [0.25, 0.3) is 0 Å². The molecule has 1 atom stereocenters. The van der Waals surface area contributed by atoms with Crippen LogP contribution in [0.15, 0.2) is 96.0 Å². The summed E-state index contributed by atoms with van der Waals surface area (Å²) in [4.78, 5) is 20.0. The van der Waals surface area contributed by atoms with Crippen LogP contribution in [0.25, 0.3) is 5.76 Å². The molecular weight excluding hydrogens is 434 g/mol. The van der Waals surface area contributed by atoms with Crippen molar-refractivity contribution in [1.29, 1.82) is 5.41 Å². The molecule has 1 aliphatic carbocycles. The number of carbonyl (C=O) groups is 1. The number of ketones is 1. The van der Waals surface area contributed by atoms with E-state index in [9.17, 15) is 15.3 Å². The van der Waals surface area contributed by atoms with E-state index < -0.39 is 5.92 Å². The molecule has 0 radical (unpaired) electrons. The van der Waals surface area contributed by atoms with Gasteiger partial charge in [-0.25, -0.2) is 0 Å². The number of carbonyl (C=O) groups excluding carboxylic acids is 1. The molecule has 1 aliphatic heterocycles. The first kappa shape index (κ1) is 22.8. The molecule has 2 N–H and O–H groups in total. The smallest absolute Gasteiger partial charge is 0.162 e. The Labute approximate surface area is 206 Å². The Morgan fingerprint density at radius 2 is 1.83 bits per heavy atom. The molecule has 0 saturated heterocycles. The Morgan fingerprint density at radius 3 is 2.51 bits per heavy atom. The monoisotopic (exact) mass is 463 g/mol. The summed E-state index contributed by atoms with van der Waals surface area (Å²) in [5, 5.41) is 21.0. The van der Waals surface area contributed by atoms with Crippen LogP contribution >= 0.6 is 0 Å². The number of aliphatic hydroxyl groups is 1. The summed E-state index contributed by atoms with van der Waals surface area (Å²) >= 11 is 0. The molecule has 5 heteroatoms. The number of benzene rings is 2. The Bertz CT molecular complexity index is 1370. The van der Waals surface area contributed by atoms with Gasteiger partial charge in [-0.1, -0.05) is 62.4 Å². The number of nitrogens with one attached hydrogen (secondary N) is 1. The molecule has 2 heterocycles. The highest BCUT2D eigenvalue weighted by Crippen LogP contribution is 2.51. The number of aromatic nitrogens is 1. The molecule has 1 unspecified atom stereocenters. The Balaban J connectivity index is 1.86. The number of allylic oxidation sites excluding steroid dienone is 2. The molecule has 5 rings (SSSR count). The lowest BCUT2D eigenvalue weighted by Gasteiger charge is -2.45. The van der Waals surface area contributed by atoms with Gasteiger partial charge in [0.05, 0.1) is 0 Å². The van der Waals surface area contributed by atoms with E-state index in [0.29, 0.717) is 29.6 Å². The van der Waals surface area contributed by atoms with Crippen LogP contribution < -0.4 is 4.90 Å². The zero-order chi connectivity index (χ0) is 24.7. The molecule has 3 aromatic rings. The fourth-order valence-corrected chi connectivity index (χ4v) is 5.30. The minimum atomic E-state index is -0.573. The molecule has 5 nitrogen and oxygen atoms in total. The molecule has 2 aromatic carbocycles. The first-order valence-electron chi connectivity index (χ1n) is 11.9. The van der Waals surface area contributed by atoms with Crippen molar-refractivity contribution in [3.63, 3.8) is 0 Å². The Morgan fingerprint density at radius 1 is 1.06 bits per heavy atom. The zero-order valence-electron chi connectivity index (χ0n) is 20.2. The van der Waals surface area contributed by atoms with Crippen molar-refractivity contribution in [2.45, 2.75) is 39.5 Å². The maximum absolute atomic E-state index is 13.8. The van der Waals surface area contributed by atoms with Crippen molar-refractivity contribution < 1.29 is 9.90 Å². The summed E-state index contributed by atoms with van der Waals surface area (Å²) in [7, 11) is 0. The molecule has 0 bridgehead atoms. The van der Waals surface area contributed by atoms with E-state index >= 15 is 0 Å². The summed E-state index contributed by atoms with van der Waals surface area (Å²) in [6, 6.07) is 20.9. The number of pyridine rings is 1. The molecule has 0 spiro atoms. The summed E-state index contributed by atoms with van der Waals surface area (Å²) in [5.41, 5.74) is 4.94. The van der Waals surface area contributed by atoms with Gasteiger partial charge in [-0.05, 0) is 48.1 Å². The highest BCUT2D eigenvalue weighted by Gasteiger charge is 2.46. The van der Waals surface area contributed by atoms with E-state index in [4.69, 9.17) is 0 Å². The third-order valence-corrected chi connectivity index (χ3v) is 6.80. The number of rotatable bonds is 3. The number of anilines is 1. The number of hydrogen-bond donors (Lipinski definition) is 2. The first-order valence-corrected chi connectivity index (χ1v) is 11.9. The highest BCUT2D eigenvalue weighted by molar-refractivity contribution is 6.19. The van der Waals surface area contributed by atoms with E-state index in [1.807, 2.05) is 78.6 Å². The topological polar surface area (TPSA) is 77.3 Å². The lowest BCUT2D eigenvalue weighted by Crippen LogP contribution is -2.45. The van der Waals surface area contributed by atoms with Gasteiger partial charge in [0.15, 0.2) is 5.78 Å². The zero-order valence-corrected chi connectivity index (χ0v) is 20.2. The van der Waals surface area contributed by atoms with Gasteiger partial charge in [-0.15, -0.1) is 0 Å². The van der Waals surface area contributed by atoms with Crippen LogP contribution in [0.1, 0.15) is 49.3 Å². The molecule has 0 saturated carbocycles. The van der Waals surface area contributed by atoms with Crippen LogP contribution in [-0.2, 0) is 4.79 Å². The predicted octanol–water partition coefficient (Wildman–Crippen LogP) is 6.58. The Kier molecular flexibility index (Phi) is 5.64. The van der Waals surface area contributed by atoms with Gasteiger partial charge in [0.2, 0.25) is 0 Å². The molecular formula is C30H29N3O2. The van der Waals surface area contributed by atoms with E-state index in [-0.39, 0.29) is 22.8 Å². The number of nitrogens with zero attached hydrogens (tertiary/aromatic N) is 2. The van der Waals surface area contributed by atoms with Crippen LogP contribution in [0.3, 0.4) is 0 Å². The van der Waals surface area contributed by atoms with Crippen LogP contribution in [0.2, 0.25) is 0 Å². The average Bonchev–Trinajstić information content (AvgIpc) is 2.83. The SMILES string of the molecule is Cc1cccc(N2C(=N)/C(=C(/O)c3ccccc3)C(c3cccnc3)C3=C2CC(C)(C)CC3=O)c1. The fraction of sp³-hybridized carbons (Fsp3) is 0.233. The van der Waals surface area contributed by atoms with Crippen molar-refractivity contribution in [2.24, 2.45) is 5.41 Å². The third-order valence-electron chi connectivity index (χ3n) is 6.80. The highest BCUT2D eigenvalue weighted by atomic mass is 16.3. The van der Waals surface area contributed by atoms with E-state index in [1.165, 1.54) is 0 Å². The summed E-state index contributed by atoms with van der Waals surface area (Å²) in [5.74, 6) is -0.342. The van der Waals surface area contributed by atoms with Gasteiger partial charge >= 0.3 is 0 Å². The van der Waals surface area contributed by atoms with E-state index in [1.54, 1.807) is 12.4 Å². The normalized spacial score (nSPS) is 21.1. The summed E-state index contributed by atoms with van der Waals surface area (Å²) in [6.07, 6.45) is 4.49. The first-order chi connectivity index (χ1) is 16.8. The second kappa shape index (κ2) is 8.66. The van der Waals surface area contributed by atoms with E-state index in [0.717, 1.165) is 22.5 Å². The molecule has 0 fully saturated rings. The second-order valence-corrected chi connectivity index (χ2v) is 10.2. The number of aryl methyl sites for hydroxylation is 1. The van der Waals surface area contributed by atoms with Gasteiger partial charge in [-0.3, -0.25) is 20.1 Å². The number of hydrogen-bond acceptors (Lipinski definition) is 4. The van der Waals surface area contributed by atoms with Gasteiger partial charge in [0, 0.05) is 52.8 Å². The summed E-state index contributed by atoms with van der Waals surface area (Å²) in [6.45, 7) is 6.20. The fourth-order valence-electron chi connectivity index (χ4n) is 5.30. The van der Waals surface area contributed by atoms with Crippen LogP contribution in [-0.4, -0.2) is 21.7 Å². The lowest BCUT2D eigenvalue weighted by atomic mass is 9.67. The van der Waals surface area contributed by atoms with Crippen LogP contribution in [0.5, 0.6) is 0 Å². The molecule has 2 aliphatic rings. The van der Waals surface area contributed by atoms with Crippen LogP contribution in [0.4, 0.5) is 5.69 Å². The molecule has 0 amide bonds. The lowest BCUT2D eigenvalue weighted by molar-refractivity contribution is -0.118. The minimum Gasteiger partial charge on any atom is -0.507 e. The number of Topliss-reactive ketones (excluding diaryl/α,β-unsaturated/α-hetero) is 1. The van der Waals surface area contributed by atoms with Crippen molar-refractivity contribution >= 4 is 23.1 Å². The van der Waals surface area contributed by atoms with E-state index in [2.05, 4.69) is 18.8 Å². The summed E-state index contributed by atoms with van der Waals surface area (Å²) < 4.78 is 0. The van der Waals surface area contributed by atoms with Crippen molar-refractivity contribution in [3.05, 3.63) is 113 Å². The Hall–Kier alpha value is -3.99. The van der Waals surface area contributed by atoms with Gasteiger partial charge in [-0.2, -0.15) is 0 Å². The van der Waals surface area contributed by atoms with Gasteiger partial charge < -0.3 is 5.11 Å². The minimum absolute atomic E-state index is 0.00582. The molecule has 1 aromatic heterocycles. The molecule has 176 valence electrons. The third kappa shape index (κ3) is 4.08. The van der Waals surface area contributed by atoms with Crippen molar-refractivity contribution in [3.8, 4) is 0 Å². The van der Waals surface area contributed by atoms with Crippen molar-refractivity contribution in [2.75, 3.05) is 4.90 Å². The number of aliphatic hydroxyl groups excluding tert-OH is 1. The predicted molar refractivity (Wildman–Crippen MR) is 139 cm³/mol. The standard InChI is InChI=1S/C30H29N3O2/c1-19-9-7-13-22(15-19)33-23-16-30(2,3)17-24(34)26(23)25(21-12-8-14-32-18-21)27(29(33)31)28(35)20-10-5-4-6-11-20/h4-15,18,25,31,35H,16-17H2,1-3H3/b28-27+,31-29?. The largest absolute Gasteiger partial charge is 0.507 e. The number of amidine groups is 1. The average molecular weight is 464 g/mol. The second-order valence-electron chi connectivity index (χ2n) is 10.2. The molecule has 35 heavy (non-hydrogen) atoms. The van der Waals surface area contributed by atoms with Crippen LogP contribution in [0, 0.1) is 17.7 Å². The maximum Gasteiger partial charge on any atom is 0.162 e. The quantitative estimate of drug-likeness (QED) is 0.430. The van der Waals surface area contributed by atoms with Crippen molar-refractivity contribution in [1.82, 2.24) is 4.98 Å². The maximum atomic E-state index is 13.8.